The lowest BCUT2D eigenvalue weighted by atomic mass is 10.2. The van der Waals surface area contributed by atoms with Crippen molar-refractivity contribution in [1.29, 1.82) is 0 Å². The van der Waals surface area contributed by atoms with E-state index in [0.717, 1.165) is 17.0 Å². The molecular formula is C15H13N5. The summed E-state index contributed by atoms with van der Waals surface area (Å²) in [6.07, 6.45) is 10.8. The molecule has 20 heavy (non-hydrogen) atoms. The number of H-pyrrole nitrogens is 1. The van der Waals surface area contributed by atoms with E-state index < -0.39 is 0 Å². The second-order valence-corrected chi connectivity index (χ2v) is 4.08. The molecule has 5 nitrogen and oxygen atoms in total. The average Bonchev–Trinajstić information content (AvgIpc) is 3.20. The molecule has 0 radical (unpaired) electrons. The third-order valence-electron chi connectivity index (χ3n) is 2.71. The lowest BCUT2D eigenvalue weighted by molar-refractivity contribution is 1.11. The van der Waals surface area contributed by atoms with Crippen LogP contribution in [0.2, 0.25) is 0 Å². The van der Waals surface area contributed by atoms with Crippen LogP contribution in [0, 0.1) is 0 Å². The molecule has 3 aromatic heterocycles. The molecule has 0 atom stereocenters. The number of nitrogens with one attached hydrogen (secondary N) is 1. The number of hydrogen-bond acceptors (Lipinski definition) is 3. The maximum atomic E-state index is 4.43. The second kappa shape index (κ2) is 5.79. The molecule has 0 fully saturated rings. The van der Waals surface area contributed by atoms with Crippen LogP contribution in [-0.4, -0.2) is 24.3 Å². The molecule has 0 bridgehead atoms. The van der Waals surface area contributed by atoms with Crippen LogP contribution in [0.15, 0.2) is 73.7 Å². The zero-order chi connectivity index (χ0) is 13.6. The number of imidazole rings is 2. The van der Waals surface area contributed by atoms with Crippen molar-refractivity contribution < 1.29 is 0 Å². The highest BCUT2D eigenvalue weighted by atomic mass is 15.1. The van der Waals surface area contributed by atoms with Crippen LogP contribution in [0.5, 0.6) is 0 Å². The van der Waals surface area contributed by atoms with E-state index in [1.165, 1.54) is 0 Å². The summed E-state index contributed by atoms with van der Waals surface area (Å²) in [6, 6.07) is 12.0. The van der Waals surface area contributed by atoms with Crippen molar-refractivity contribution in [3.05, 3.63) is 73.7 Å². The molecular weight excluding hydrogens is 250 g/mol. The molecule has 0 aliphatic rings. The Hall–Kier alpha value is -2.95. The first-order valence-electron chi connectivity index (χ1n) is 6.21. The van der Waals surface area contributed by atoms with Gasteiger partial charge in [0, 0.05) is 36.5 Å². The SMILES string of the molecule is c1c[nH]cn1.c1ccc(-c2cn3cccnc3n2)cc1. The van der Waals surface area contributed by atoms with E-state index in [9.17, 15) is 0 Å². The number of fused-ring (bicyclic) bond motifs is 1. The summed E-state index contributed by atoms with van der Waals surface area (Å²) >= 11 is 0. The van der Waals surface area contributed by atoms with Gasteiger partial charge in [-0.3, -0.25) is 4.40 Å². The van der Waals surface area contributed by atoms with Crippen LogP contribution < -0.4 is 0 Å². The molecule has 98 valence electrons. The van der Waals surface area contributed by atoms with Crippen LogP contribution in [0.4, 0.5) is 0 Å². The van der Waals surface area contributed by atoms with E-state index in [-0.39, 0.29) is 0 Å². The van der Waals surface area contributed by atoms with Gasteiger partial charge in [-0.1, -0.05) is 30.3 Å². The largest absolute Gasteiger partial charge is 0.351 e. The lowest BCUT2D eigenvalue weighted by Crippen LogP contribution is -1.82. The Bertz CT molecular complexity index is 709. The van der Waals surface area contributed by atoms with Gasteiger partial charge in [0.25, 0.3) is 0 Å². The van der Waals surface area contributed by atoms with Gasteiger partial charge in [-0.25, -0.2) is 15.0 Å². The molecule has 0 spiro atoms. The molecule has 3 heterocycles. The van der Waals surface area contributed by atoms with E-state index in [4.69, 9.17) is 0 Å². The lowest BCUT2D eigenvalue weighted by Gasteiger charge is -1.92. The zero-order valence-corrected chi connectivity index (χ0v) is 10.7. The van der Waals surface area contributed by atoms with Crippen LogP contribution in [0.3, 0.4) is 0 Å². The Morgan fingerprint density at radius 1 is 1.00 bits per heavy atom. The summed E-state index contributed by atoms with van der Waals surface area (Å²) in [4.78, 5) is 15.0. The molecule has 0 amide bonds. The molecule has 1 N–H and O–H groups in total. The first kappa shape index (κ1) is 12.1. The Labute approximate surface area is 116 Å². The Balaban J connectivity index is 0.000000205. The molecule has 5 heteroatoms. The number of rotatable bonds is 1. The fraction of sp³-hybridized carbons (Fsp3) is 0. The topological polar surface area (TPSA) is 58.9 Å². The average molecular weight is 263 g/mol. The summed E-state index contributed by atoms with van der Waals surface area (Å²) < 4.78 is 1.92. The van der Waals surface area contributed by atoms with Crippen molar-refractivity contribution in [2.24, 2.45) is 0 Å². The van der Waals surface area contributed by atoms with Gasteiger partial charge in [0.2, 0.25) is 5.78 Å². The molecule has 4 rings (SSSR count). The fourth-order valence-electron chi connectivity index (χ4n) is 1.79. The highest BCUT2D eigenvalue weighted by Gasteiger charge is 2.02. The van der Waals surface area contributed by atoms with Gasteiger partial charge < -0.3 is 4.98 Å². The zero-order valence-electron chi connectivity index (χ0n) is 10.7. The minimum atomic E-state index is 0.733. The normalized spacial score (nSPS) is 10.0. The summed E-state index contributed by atoms with van der Waals surface area (Å²) in [5.74, 6) is 0.733. The van der Waals surface area contributed by atoms with Crippen molar-refractivity contribution in [2.75, 3.05) is 0 Å². The van der Waals surface area contributed by atoms with E-state index in [1.807, 2.05) is 53.2 Å². The minimum absolute atomic E-state index is 0.733. The minimum Gasteiger partial charge on any atom is -0.351 e. The van der Waals surface area contributed by atoms with Crippen LogP contribution in [-0.2, 0) is 0 Å². The number of nitrogens with zero attached hydrogens (tertiary/aromatic N) is 4. The predicted octanol–water partition coefficient (Wildman–Crippen LogP) is 2.81. The predicted molar refractivity (Wildman–Crippen MR) is 77.0 cm³/mol. The molecule has 1 aromatic carbocycles. The fourth-order valence-corrected chi connectivity index (χ4v) is 1.79. The third kappa shape index (κ3) is 2.72. The molecule has 0 aliphatic heterocycles. The van der Waals surface area contributed by atoms with Gasteiger partial charge in [0.15, 0.2) is 0 Å². The standard InChI is InChI=1S/C12H9N3.C3H4N2/c1-2-5-10(6-3-1)11-9-15-8-4-7-13-12(15)14-11;1-2-5-3-4-1/h1-9H;1-3H,(H,4,5). The monoisotopic (exact) mass is 263 g/mol. The first-order valence-corrected chi connectivity index (χ1v) is 6.21. The third-order valence-corrected chi connectivity index (χ3v) is 2.71. The van der Waals surface area contributed by atoms with Crippen molar-refractivity contribution in [1.82, 2.24) is 24.3 Å². The maximum Gasteiger partial charge on any atom is 0.234 e. The van der Waals surface area contributed by atoms with Crippen molar-refractivity contribution in [3.8, 4) is 11.3 Å². The summed E-state index contributed by atoms with van der Waals surface area (Å²) in [5, 5.41) is 0. The Kier molecular flexibility index (Phi) is 3.51. The van der Waals surface area contributed by atoms with Crippen molar-refractivity contribution in [3.63, 3.8) is 0 Å². The first-order chi connectivity index (χ1) is 9.93. The summed E-state index contributed by atoms with van der Waals surface area (Å²) in [5.41, 5.74) is 2.07. The molecule has 0 unspecified atom stereocenters. The highest BCUT2D eigenvalue weighted by Crippen LogP contribution is 2.17. The molecule has 0 aliphatic carbocycles. The second-order valence-electron chi connectivity index (χ2n) is 4.08. The Morgan fingerprint density at radius 3 is 2.55 bits per heavy atom. The van der Waals surface area contributed by atoms with Gasteiger partial charge in [-0.05, 0) is 6.07 Å². The van der Waals surface area contributed by atoms with E-state index >= 15 is 0 Å². The summed E-state index contributed by atoms with van der Waals surface area (Å²) in [7, 11) is 0. The van der Waals surface area contributed by atoms with E-state index in [0.29, 0.717) is 0 Å². The van der Waals surface area contributed by atoms with Crippen molar-refractivity contribution >= 4 is 5.78 Å². The van der Waals surface area contributed by atoms with E-state index in [2.05, 4.69) is 19.9 Å². The van der Waals surface area contributed by atoms with E-state index in [1.54, 1.807) is 24.9 Å². The van der Waals surface area contributed by atoms with Gasteiger partial charge in [0.05, 0.1) is 12.0 Å². The molecule has 0 saturated heterocycles. The number of hydrogen-bond donors (Lipinski definition) is 1. The Morgan fingerprint density at radius 2 is 1.90 bits per heavy atom. The summed E-state index contributed by atoms with van der Waals surface area (Å²) in [6.45, 7) is 0. The molecule has 0 saturated carbocycles. The number of aromatic nitrogens is 5. The van der Waals surface area contributed by atoms with Gasteiger partial charge >= 0.3 is 0 Å². The molecule has 4 aromatic rings. The van der Waals surface area contributed by atoms with Crippen molar-refractivity contribution in [2.45, 2.75) is 0 Å². The highest BCUT2D eigenvalue weighted by molar-refractivity contribution is 5.60. The van der Waals surface area contributed by atoms with Crippen LogP contribution in [0.25, 0.3) is 17.0 Å². The van der Waals surface area contributed by atoms with Gasteiger partial charge in [-0.2, -0.15) is 0 Å². The quantitative estimate of drug-likeness (QED) is 0.574. The number of benzene rings is 1. The van der Waals surface area contributed by atoms with Crippen LogP contribution in [0.1, 0.15) is 0 Å². The smallest absolute Gasteiger partial charge is 0.234 e. The number of aromatic amines is 1. The van der Waals surface area contributed by atoms with Gasteiger partial charge in [-0.15, -0.1) is 0 Å². The van der Waals surface area contributed by atoms with Crippen LogP contribution >= 0.6 is 0 Å². The maximum absolute atomic E-state index is 4.43. The van der Waals surface area contributed by atoms with Gasteiger partial charge in [0.1, 0.15) is 0 Å².